The lowest BCUT2D eigenvalue weighted by Gasteiger charge is -2.05. The molecule has 0 saturated heterocycles. The first-order valence-corrected chi connectivity index (χ1v) is 10.0. The summed E-state index contributed by atoms with van der Waals surface area (Å²) in [5.74, 6) is 1.25. The molecule has 29 heavy (non-hydrogen) atoms. The van der Waals surface area contributed by atoms with Crippen LogP contribution in [0.2, 0.25) is 0 Å². The molecule has 1 heterocycles. The molecule has 0 aliphatic rings. The number of amides is 1. The second-order valence-electron chi connectivity index (χ2n) is 6.39. The summed E-state index contributed by atoms with van der Waals surface area (Å²) in [6.45, 7) is 3.92. The van der Waals surface area contributed by atoms with Gasteiger partial charge in [-0.2, -0.15) is 5.10 Å². The average Bonchev–Trinajstić information content (AvgIpc) is 2.72. The van der Waals surface area contributed by atoms with Gasteiger partial charge in [0, 0.05) is 22.7 Å². The van der Waals surface area contributed by atoms with Crippen LogP contribution in [0.4, 0.5) is 0 Å². The van der Waals surface area contributed by atoms with E-state index in [0.717, 1.165) is 39.2 Å². The van der Waals surface area contributed by atoms with Crippen molar-refractivity contribution in [2.45, 2.75) is 24.8 Å². The summed E-state index contributed by atoms with van der Waals surface area (Å²) in [6.07, 6.45) is 1.59. The maximum Gasteiger partial charge on any atom is 0.271 e. The zero-order valence-electron chi connectivity index (χ0n) is 16.5. The predicted molar refractivity (Wildman–Crippen MR) is 116 cm³/mol. The van der Waals surface area contributed by atoms with E-state index >= 15 is 0 Å². The van der Waals surface area contributed by atoms with Crippen LogP contribution in [0.25, 0.3) is 0 Å². The van der Waals surface area contributed by atoms with Crippen molar-refractivity contribution in [3.05, 3.63) is 82.7 Å². The van der Waals surface area contributed by atoms with Crippen molar-refractivity contribution in [1.82, 2.24) is 15.4 Å². The van der Waals surface area contributed by atoms with E-state index in [-0.39, 0.29) is 5.91 Å². The normalized spacial score (nSPS) is 10.9. The minimum absolute atomic E-state index is 0.258. The van der Waals surface area contributed by atoms with Gasteiger partial charge in [-0.15, -0.1) is 0 Å². The molecule has 3 aromatic rings. The molecule has 0 radical (unpaired) electrons. The molecular formula is C22H22N4O2S. The van der Waals surface area contributed by atoms with Crippen LogP contribution >= 0.6 is 11.8 Å². The van der Waals surface area contributed by atoms with Gasteiger partial charge < -0.3 is 4.74 Å². The number of carbonyl (C=O) groups is 1. The number of nitrogens with zero attached hydrogens (tertiary/aromatic N) is 3. The smallest absolute Gasteiger partial charge is 0.271 e. The lowest BCUT2D eigenvalue weighted by atomic mass is 10.1. The van der Waals surface area contributed by atoms with Gasteiger partial charge >= 0.3 is 0 Å². The maximum atomic E-state index is 12.2. The maximum absolute atomic E-state index is 12.2. The first-order chi connectivity index (χ1) is 14.0. The summed E-state index contributed by atoms with van der Waals surface area (Å²) < 4.78 is 5.11. The molecule has 0 aliphatic heterocycles. The number of rotatable bonds is 7. The van der Waals surface area contributed by atoms with Crippen molar-refractivity contribution < 1.29 is 9.53 Å². The summed E-state index contributed by atoms with van der Waals surface area (Å²) in [7, 11) is 1.62. The molecule has 0 atom stereocenters. The predicted octanol–water partition coefficient (Wildman–Crippen LogP) is 4.16. The van der Waals surface area contributed by atoms with Crippen LogP contribution < -0.4 is 10.2 Å². The molecule has 2 aromatic carbocycles. The van der Waals surface area contributed by atoms with E-state index in [1.807, 2.05) is 56.3 Å². The number of thioether (sulfide) groups is 1. The number of aryl methyl sites for hydroxylation is 2. The van der Waals surface area contributed by atoms with E-state index in [1.165, 1.54) is 0 Å². The molecule has 148 valence electrons. The second-order valence-corrected chi connectivity index (χ2v) is 7.33. The lowest BCUT2D eigenvalue weighted by Crippen LogP contribution is -2.17. The summed E-state index contributed by atoms with van der Waals surface area (Å²) >= 11 is 1.57. The number of hydrogen-bond donors (Lipinski definition) is 1. The van der Waals surface area contributed by atoms with Gasteiger partial charge in [-0.1, -0.05) is 23.9 Å². The third-order valence-electron chi connectivity index (χ3n) is 4.04. The summed E-state index contributed by atoms with van der Waals surface area (Å²) in [6, 6.07) is 16.8. The zero-order valence-corrected chi connectivity index (χ0v) is 17.4. The SMILES string of the molecule is COc1ccc(/C=N\NC(=O)c2ccc(CSc3nc(C)cc(C)n3)cc2)cc1. The van der Waals surface area contributed by atoms with Crippen LogP contribution in [-0.4, -0.2) is 29.2 Å². The van der Waals surface area contributed by atoms with Crippen molar-refractivity contribution in [1.29, 1.82) is 0 Å². The molecule has 0 saturated carbocycles. The van der Waals surface area contributed by atoms with Crippen molar-refractivity contribution in [2.24, 2.45) is 5.10 Å². The van der Waals surface area contributed by atoms with E-state index in [2.05, 4.69) is 20.5 Å². The topological polar surface area (TPSA) is 76.5 Å². The van der Waals surface area contributed by atoms with E-state index in [9.17, 15) is 4.79 Å². The van der Waals surface area contributed by atoms with Crippen LogP contribution in [0.5, 0.6) is 5.75 Å². The average molecular weight is 407 g/mol. The molecular weight excluding hydrogens is 384 g/mol. The third kappa shape index (κ3) is 6.15. The van der Waals surface area contributed by atoms with E-state index < -0.39 is 0 Å². The zero-order chi connectivity index (χ0) is 20.6. The highest BCUT2D eigenvalue weighted by molar-refractivity contribution is 7.98. The van der Waals surface area contributed by atoms with Crippen LogP contribution in [0.1, 0.15) is 32.9 Å². The van der Waals surface area contributed by atoms with Gasteiger partial charge in [0.2, 0.25) is 0 Å². The fraction of sp³-hybridized carbons (Fsp3) is 0.182. The first-order valence-electron chi connectivity index (χ1n) is 9.05. The molecule has 0 aliphatic carbocycles. The molecule has 1 aromatic heterocycles. The molecule has 6 nitrogen and oxygen atoms in total. The first kappa shape index (κ1) is 20.5. The molecule has 0 fully saturated rings. The fourth-order valence-corrected chi connectivity index (χ4v) is 3.48. The number of aromatic nitrogens is 2. The Morgan fingerprint density at radius 2 is 1.72 bits per heavy atom. The van der Waals surface area contributed by atoms with E-state index in [1.54, 1.807) is 37.2 Å². The van der Waals surface area contributed by atoms with Crippen molar-refractivity contribution >= 4 is 23.9 Å². The molecule has 0 unspecified atom stereocenters. The Morgan fingerprint density at radius 3 is 2.34 bits per heavy atom. The number of hydrazone groups is 1. The molecule has 7 heteroatoms. The van der Waals surface area contributed by atoms with Gasteiger partial charge in [0.05, 0.1) is 13.3 Å². The number of methoxy groups -OCH3 is 1. The number of carbonyl (C=O) groups excluding carboxylic acids is 1. The Bertz CT molecular complexity index is 982. The van der Waals surface area contributed by atoms with Crippen molar-refractivity contribution in [3.8, 4) is 5.75 Å². The fourth-order valence-electron chi connectivity index (χ4n) is 2.58. The lowest BCUT2D eigenvalue weighted by molar-refractivity contribution is 0.0955. The number of benzene rings is 2. The van der Waals surface area contributed by atoms with E-state index in [4.69, 9.17) is 4.74 Å². The van der Waals surface area contributed by atoms with Crippen LogP contribution in [0, 0.1) is 13.8 Å². The van der Waals surface area contributed by atoms with E-state index in [0.29, 0.717) is 5.56 Å². The number of ether oxygens (including phenoxy) is 1. The Hall–Kier alpha value is -3.19. The highest BCUT2D eigenvalue weighted by Gasteiger charge is 2.06. The standard InChI is InChI=1S/C22H22N4O2S/c1-15-12-16(2)25-22(24-15)29-14-18-4-8-19(9-5-18)21(27)26-23-13-17-6-10-20(28-3)11-7-17/h4-13H,14H2,1-3H3,(H,26,27)/b23-13-. The monoisotopic (exact) mass is 406 g/mol. The van der Waals surface area contributed by atoms with Crippen LogP contribution in [0.15, 0.2) is 64.9 Å². The van der Waals surface area contributed by atoms with Gasteiger partial charge in [-0.05, 0) is 67.4 Å². The quantitative estimate of drug-likeness (QED) is 0.276. The molecule has 1 N–H and O–H groups in total. The van der Waals surface area contributed by atoms with Gasteiger partial charge in [0.1, 0.15) is 5.75 Å². The Labute approximate surface area is 174 Å². The van der Waals surface area contributed by atoms with Crippen LogP contribution in [0.3, 0.4) is 0 Å². The Balaban J connectivity index is 1.53. The van der Waals surface area contributed by atoms with Crippen molar-refractivity contribution in [3.63, 3.8) is 0 Å². The summed E-state index contributed by atoms with van der Waals surface area (Å²) in [5.41, 5.74) is 6.97. The summed E-state index contributed by atoms with van der Waals surface area (Å²) in [5, 5.41) is 4.76. The third-order valence-corrected chi connectivity index (χ3v) is 4.96. The Morgan fingerprint density at radius 1 is 1.07 bits per heavy atom. The van der Waals surface area contributed by atoms with Crippen molar-refractivity contribution in [2.75, 3.05) is 7.11 Å². The second kappa shape index (κ2) is 9.84. The largest absolute Gasteiger partial charge is 0.497 e. The van der Waals surface area contributed by atoms with Gasteiger partial charge in [-0.25, -0.2) is 15.4 Å². The minimum atomic E-state index is -0.258. The highest BCUT2D eigenvalue weighted by atomic mass is 32.2. The van der Waals surface area contributed by atoms with Gasteiger partial charge in [-0.3, -0.25) is 4.79 Å². The molecule has 3 rings (SSSR count). The van der Waals surface area contributed by atoms with Gasteiger partial charge in [0.25, 0.3) is 5.91 Å². The minimum Gasteiger partial charge on any atom is -0.497 e. The molecule has 0 bridgehead atoms. The Kier molecular flexibility index (Phi) is 6.97. The molecule has 1 amide bonds. The van der Waals surface area contributed by atoms with Crippen LogP contribution in [-0.2, 0) is 5.75 Å². The number of nitrogens with one attached hydrogen (secondary N) is 1. The highest BCUT2D eigenvalue weighted by Crippen LogP contribution is 2.20. The number of hydrogen-bond acceptors (Lipinski definition) is 6. The molecule has 0 spiro atoms. The summed E-state index contributed by atoms with van der Waals surface area (Å²) in [4.78, 5) is 21.1. The van der Waals surface area contributed by atoms with Gasteiger partial charge in [0.15, 0.2) is 5.16 Å².